The molecule has 18 heavy (non-hydrogen) atoms. The van der Waals surface area contributed by atoms with Crippen molar-refractivity contribution < 1.29 is 14.6 Å². The summed E-state index contributed by atoms with van der Waals surface area (Å²) in [6.45, 7) is 3.41. The van der Waals surface area contributed by atoms with Crippen LogP contribution in [0.2, 0.25) is 0 Å². The molecule has 4 nitrogen and oxygen atoms in total. The lowest BCUT2D eigenvalue weighted by Gasteiger charge is -2.28. The molecule has 1 heterocycles. The Balaban J connectivity index is 1.96. The molecule has 0 bridgehead atoms. The number of carboxylic acids is 1. The minimum absolute atomic E-state index is 0.0607. The van der Waals surface area contributed by atoms with E-state index in [2.05, 4.69) is 17.0 Å². The molecule has 0 atom stereocenters. The van der Waals surface area contributed by atoms with Gasteiger partial charge >= 0.3 is 5.97 Å². The Hall–Kier alpha value is -1.81. The maximum atomic E-state index is 10.4. The third kappa shape index (κ3) is 3.60. The molecule has 1 fully saturated rings. The van der Waals surface area contributed by atoms with Crippen LogP contribution in [-0.2, 0) is 9.53 Å². The number of ether oxygens (including phenoxy) is 1. The summed E-state index contributed by atoms with van der Waals surface area (Å²) in [5, 5.41) is 8.54. The van der Waals surface area contributed by atoms with E-state index in [0.717, 1.165) is 31.9 Å². The van der Waals surface area contributed by atoms with E-state index in [0.29, 0.717) is 0 Å². The standard InChI is InChI=1S/C14H17NO3/c16-14(17)3-1-2-12-4-6-13(7-5-12)15-8-10-18-11-9-15/h1-2,4-7H,3,8-11H2,(H,16,17). The molecule has 1 aliphatic heterocycles. The fraction of sp³-hybridized carbons (Fsp3) is 0.357. The summed E-state index contributed by atoms with van der Waals surface area (Å²) in [5.74, 6) is -0.809. The number of nitrogens with zero attached hydrogens (tertiary/aromatic N) is 1. The van der Waals surface area contributed by atoms with E-state index in [4.69, 9.17) is 9.84 Å². The number of benzene rings is 1. The number of carboxylic acid groups (broad SMARTS) is 1. The third-order valence-corrected chi connectivity index (χ3v) is 2.87. The van der Waals surface area contributed by atoms with Crippen LogP contribution in [-0.4, -0.2) is 37.4 Å². The molecule has 1 aliphatic rings. The van der Waals surface area contributed by atoms with E-state index in [9.17, 15) is 4.79 Å². The first-order chi connectivity index (χ1) is 8.75. The number of morpholine rings is 1. The lowest BCUT2D eigenvalue weighted by molar-refractivity contribution is -0.135. The molecule has 2 rings (SSSR count). The van der Waals surface area contributed by atoms with Gasteiger partial charge in [-0.25, -0.2) is 0 Å². The summed E-state index contributed by atoms with van der Waals surface area (Å²) in [6, 6.07) is 8.13. The molecule has 0 aliphatic carbocycles. The van der Waals surface area contributed by atoms with Gasteiger partial charge in [-0.3, -0.25) is 4.79 Å². The Kier molecular flexibility index (Phi) is 4.36. The zero-order valence-electron chi connectivity index (χ0n) is 10.2. The summed E-state index contributed by atoms with van der Waals surface area (Å²) >= 11 is 0. The Morgan fingerprint density at radius 1 is 1.28 bits per heavy atom. The first kappa shape index (κ1) is 12.6. The van der Waals surface area contributed by atoms with Crippen molar-refractivity contribution in [2.75, 3.05) is 31.2 Å². The van der Waals surface area contributed by atoms with Gasteiger partial charge in [-0.05, 0) is 17.7 Å². The molecular formula is C14H17NO3. The summed E-state index contributed by atoms with van der Waals surface area (Å²) in [4.78, 5) is 12.7. The average Bonchev–Trinajstić information content (AvgIpc) is 2.40. The van der Waals surface area contributed by atoms with Crippen molar-refractivity contribution in [3.63, 3.8) is 0 Å². The van der Waals surface area contributed by atoms with Gasteiger partial charge in [0, 0.05) is 18.8 Å². The SMILES string of the molecule is O=C(O)CC=Cc1ccc(N2CCOCC2)cc1. The van der Waals surface area contributed by atoms with Gasteiger partial charge in [0.1, 0.15) is 0 Å². The molecule has 0 aromatic heterocycles. The van der Waals surface area contributed by atoms with Crippen LogP contribution >= 0.6 is 0 Å². The number of anilines is 1. The maximum absolute atomic E-state index is 10.4. The molecular weight excluding hydrogens is 230 g/mol. The number of rotatable bonds is 4. The second-order valence-electron chi connectivity index (χ2n) is 4.19. The predicted octanol–water partition coefficient (Wildman–Crippen LogP) is 2.01. The number of carbonyl (C=O) groups is 1. The lowest BCUT2D eigenvalue weighted by atomic mass is 10.1. The van der Waals surface area contributed by atoms with Gasteiger partial charge in [-0.1, -0.05) is 24.3 Å². The molecule has 0 saturated carbocycles. The molecule has 0 amide bonds. The van der Waals surface area contributed by atoms with Gasteiger partial charge in [-0.2, -0.15) is 0 Å². The second-order valence-corrected chi connectivity index (χ2v) is 4.19. The smallest absolute Gasteiger partial charge is 0.307 e. The van der Waals surface area contributed by atoms with Gasteiger partial charge in [0.05, 0.1) is 19.6 Å². The number of hydrogen-bond acceptors (Lipinski definition) is 3. The average molecular weight is 247 g/mol. The Bertz CT molecular complexity index is 419. The first-order valence-corrected chi connectivity index (χ1v) is 6.07. The van der Waals surface area contributed by atoms with Gasteiger partial charge in [0.25, 0.3) is 0 Å². The highest BCUT2D eigenvalue weighted by molar-refractivity contribution is 5.70. The fourth-order valence-corrected chi connectivity index (χ4v) is 1.91. The normalized spacial score (nSPS) is 16.1. The first-order valence-electron chi connectivity index (χ1n) is 6.07. The number of aliphatic carboxylic acids is 1. The van der Waals surface area contributed by atoms with E-state index in [1.54, 1.807) is 6.08 Å². The second kappa shape index (κ2) is 6.21. The Morgan fingerprint density at radius 2 is 1.94 bits per heavy atom. The lowest BCUT2D eigenvalue weighted by Crippen LogP contribution is -2.36. The van der Waals surface area contributed by atoms with Crippen molar-refractivity contribution in [2.45, 2.75) is 6.42 Å². The van der Waals surface area contributed by atoms with Crippen LogP contribution in [0.1, 0.15) is 12.0 Å². The van der Waals surface area contributed by atoms with E-state index >= 15 is 0 Å². The zero-order valence-corrected chi connectivity index (χ0v) is 10.2. The molecule has 4 heteroatoms. The van der Waals surface area contributed by atoms with Crippen LogP contribution in [0, 0.1) is 0 Å². The Morgan fingerprint density at radius 3 is 2.56 bits per heavy atom. The van der Waals surface area contributed by atoms with Gasteiger partial charge < -0.3 is 14.7 Å². The van der Waals surface area contributed by atoms with Gasteiger partial charge in [0.2, 0.25) is 0 Å². The largest absolute Gasteiger partial charge is 0.481 e. The quantitative estimate of drug-likeness (QED) is 0.884. The monoisotopic (exact) mass is 247 g/mol. The highest BCUT2D eigenvalue weighted by Gasteiger charge is 2.10. The number of hydrogen-bond donors (Lipinski definition) is 1. The molecule has 96 valence electrons. The Labute approximate surface area is 106 Å². The summed E-state index contributed by atoms with van der Waals surface area (Å²) < 4.78 is 5.31. The molecule has 1 aromatic carbocycles. The minimum Gasteiger partial charge on any atom is -0.481 e. The van der Waals surface area contributed by atoms with Crippen molar-refractivity contribution >= 4 is 17.7 Å². The molecule has 1 aromatic rings. The predicted molar refractivity (Wildman–Crippen MR) is 70.8 cm³/mol. The topological polar surface area (TPSA) is 49.8 Å². The van der Waals surface area contributed by atoms with E-state index in [1.807, 2.05) is 18.2 Å². The van der Waals surface area contributed by atoms with Crippen molar-refractivity contribution in [2.24, 2.45) is 0 Å². The maximum Gasteiger partial charge on any atom is 0.307 e. The van der Waals surface area contributed by atoms with Crippen LogP contribution in [0.25, 0.3) is 6.08 Å². The highest BCUT2D eigenvalue weighted by atomic mass is 16.5. The van der Waals surface area contributed by atoms with E-state index < -0.39 is 5.97 Å². The van der Waals surface area contributed by atoms with Crippen LogP contribution < -0.4 is 4.90 Å². The van der Waals surface area contributed by atoms with Gasteiger partial charge in [-0.15, -0.1) is 0 Å². The van der Waals surface area contributed by atoms with E-state index in [-0.39, 0.29) is 6.42 Å². The van der Waals surface area contributed by atoms with Crippen molar-refractivity contribution in [3.05, 3.63) is 35.9 Å². The van der Waals surface area contributed by atoms with Gasteiger partial charge in [0.15, 0.2) is 0 Å². The molecule has 0 radical (unpaired) electrons. The molecule has 0 spiro atoms. The van der Waals surface area contributed by atoms with Crippen LogP contribution in [0.5, 0.6) is 0 Å². The van der Waals surface area contributed by atoms with Crippen LogP contribution in [0.4, 0.5) is 5.69 Å². The summed E-state index contributed by atoms with van der Waals surface area (Å²) in [5.41, 5.74) is 2.21. The fourth-order valence-electron chi connectivity index (χ4n) is 1.91. The van der Waals surface area contributed by atoms with Crippen molar-refractivity contribution in [3.8, 4) is 0 Å². The highest BCUT2D eigenvalue weighted by Crippen LogP contribution is 2.17. The molecule has 1 N–H and O–H groups in total. The van der Waals surface area contributed by atoms with E-state index in [1.165, 1.54) is 5.69 Å². The molecule has 0 unspecified atom stereocenters. The van der Waals surface area contributed by atoms with Crippen molar-refractivity contribution in [1.82, 2.24) is 0 Å². The zero-order chi connectivity index (χ0) is 12.8. The minimum atomic E-state index is -0.809. The summed E-state index contributed by atoms with van der Waals surface area (Å²) in [6.07, 6.45) is 3.55. The third-order valence-electron chi connectivity index (χ3n) is 2.87. The van der Waals surface area contributed by atoms with Crippen LogP contribution in [0.15, 0.2) is 30.3 Å². The van der Waals surface area contributed by atoms with Crippen LogP contribution in [0.3, 0.4) is 0 Å². The summed E-state index contributed by atoms with van der Waals surface area (Å²) in [7, 11) is 0. The van der Waals surface area contributed by atoms with Crippen molar-refractivity contribution in [1.29, 1.82) is 0 Å². The molecule has 1 saturated heterocycles.